The monoisotopic (exact) mass is 528 g/mol. The van der Waals surface area contributed by atoms with E-state index in [0.29, 0.717) is 18.2 Å². The molecule has 1 aliphatic rings. The molecule has 3 aromatic carbocycles. The molecule has 0 aliphatic carbocycles. The van der Waals surface area contributed by atoms with Crippen LogP contribution in [0.5, 0.6) is 0 Å². The van der Waals surface area contributed by atoms with Gasteiger partial charge in [-0.05, 0) is 43.5 Å². The number of hydrogen-bond acceptors (Lipinski definition) is 5. The minimum atomic E-state index is -0.0988. The lowest BCUT2D eigenvalue weighted by molar-refractivity contribution is -0.0686. The minimum absolute atomic E-state index is 0.0988. The SMILES string of the molecule is CC1CN(CCN(CCC(c2ccccc2)c2ccccc2)C(=O)Nc2nc3ccccc3s2)CC(C)O1. The van der Waals surface area contributed by atoms with Crippen molar-refractivity contribution in [3.63, 3.8) is 0 Å². The summed E-state index contributed by atoms with van der Waals surface area (Å²) in [6, 6.07) is 29.0. The van der Waals surface area contributed by atoms with Gasteiger partial charge in [0.2, 0.25) is 0 Å². The molecule has 7 heteroatoms. The summed E-state index contributed by atoms with van der Waals surface area (Å²) in [7, 11) is 0. The summed E-state index contributed by atoms with van der Waals surface area (Å²) in [6.07, 6.45) is 1.23. The average Bonchev–Trinajstić information content (AvgIpc) is 3.33. The molecular formula is C31H36N4O2S. The van der Waals surface area contributed by atoms with Crippen molar-refractivity contribution in [2.75, 3.05) is 38.0 Å². The molecule has 0 bridgehead atoms. The molecule has 0 radical (unpaired) electrons. The van der Waals surface area contributed by atoms with Gasteiger partial charge in [0.05, 0.1) is 22.4 Å². The fourth-order valence-electron chi connectivity index (χ4n) is 5.32. The molecule has 2 amide bonds. The van der Waals surface area contributed by atoms with Crippen molar-refractivity contribution < 1.29 is 9.53 Å². The summed E-state index contributed by atoms with van der Waals surface area (Å²) in [5.74, 6) is 0.207. The molecule has 1 aromatic heterocycles. The van der Waals surface area contributed by atoms with Crippen molar-refractivity contribution in [3.05, 3.63) is 96.1 Å². The Kier molecular flexibility index (Phi) is 8.68. The standard InChI is InChI=1S/C31H36N4O2S/c1-23-21-34(22-24(2)37-23)19-20-35(31(36)33-30-32-28-15-9-10-16-29(28)38-30)18-17-27(25-11-5-3-6-12-25)26-13-7-4-8-14-26/h3-16,23-24,27H,17-22H2,1-2H3,(H,32,33,36). The molecule has 2 unspecified atom stereocenters. The third-order valence-corrected chi connectivity index (χ3v) is 8.02. The highest BCUT2D eigenvalue weighted by molar-refractivity contribution is 7.22. The largest absolute Gasteiger partial charge is 0.373 e. The van der Waals surface area contributed by atoms with Crippen molar-refractivity contribution in [2.45, 2.75) is 38.4 Å². The number of carbonyl (C=O) groups excluding carboxylic acids is 1. The third-order valence-electron chi connectivity index (χ3n) is 7.07. The second-order valence-corrected chi connectivity index (χ2v) is 11.1. The summed E-state index contributed by atoms with van der Waals surface area (Å²) in [5.41, 5.74) is 3.44. The minimum Gasteiger partial charge on any atom is -0.373 e. The number of hydrogen-bond donors (Lipinski definition) is 1. The number of ether oxygens (including phenoxy) is 1. The Hall–Kier alpha value is -3.26. The first-order valence-electron chi connectivity index (χ1n) is 13.4. The van der Waals surface area contributed by atoms with E-state index < -0.39 is 0 Å². The predicted octanol–water partition coefficient (Wildman–Crippen LogP) is 6.46. The van der Waals surface area contributed by atoms with E-state index >= 15 is 0 Å². The number of benzene rings is 3. The van der Waals surface area contributed by atoms with Gasteiger partial charge in [-0.1, -0.05) is 84.1 Å². The van der Waals surface area contributed by atoms with Gasteiger partial charge in [0, 0.05) is 38.6 Å². The predicted molar refractivity (Wildman–Crippen MR) is 156 cm³/mol. The Balaban J connectivity index is 1.33. The van der Waals surface area contributed by atoms with Crippen LogP contribution in [0.3, 0.4) is 0 Å². The fourth-order valence-corrected chi connectivity index (χ4v) is 6.18. The number of amides is 2. The van der Waals surface area contributed by atoms with Crippen molar-refractivity contribution in [2.24, 2.45) is 0 Å². The smallest absolute Gasteiger partial charge is 0.323 e. The van der Waals surface area contributed by atoms with Crippen LogP contribution in [0.25, 0.3) is 10.2 Å². The summed E-state index contributed by atoms with van der Waals surface area (Å²) in [6.45, 7) is 8.09. The van der Waals surface area contributed by atoms with Gasteiger partial charge in [-0.25, -0.2) is 9.78 Å². The van der Waals surface area contributed by atoms with E-state index in [1.165, 1.54) is 22.5 Å². The second kappa shape index (κ2) is 12.5. The number of carbonyl (C=O) groups is 1. The van der Waals surface area contributed by atoms with E-state index in [0.717, 1.165) is 36.3 Å². The molecule has 6 nitrogen and oxygen atoms in total. The lowest BCUT2D eigenvalue weighted by atomic mass is 9.88. The molecule has 1 saturated heterocycles. The van der Waals surface area contributed by atoms with Crippen LogP contribution in [-0.2, 0) is 4.74 Å². The summed E-state index contributed by atoms with van der Waals surface area (Å²) < 4.78 is 6.98. The first kappa shape index (κ1) is 26.4. The maximum atomic E-state index is 13.6. The normalized spacial score (nSPS) is 18.1. The molecule has 1 fully saturated rings. The van der Waals surface area contributed by atoms with Crippen LogP contribution in [0.4, 0.5) is 9.93 Å². The molecule has 5 rings (SSSR count). The van der Waals surface area contributed by atoms with Gasteiger partial charge >= 0.3 is 6.03 Å². The Labute approximate surface area is 229 Å². The highest BCUT2D eigenvalue weighted by atomic mass is 32.1. The van der Waals surface area contributed by atoms with Crippen molar-refractivity contribution in [1.82, 2.24) is 14.8 Å². The van der Waals surface area contributed by atoms with E-state index in [1.807, 2.05) is 41.3 Å². The zero-order chi connectivity index (χ0) is 26.3. The van der Waals surface area contributed by atoms with Crippen LogP contribution in [-0.4, -0.2) is 65.7 Å². The first-order chi connectivity index (χ1) is 18.5. The Morgan fingerprint density at radius 1 is 0.947 bits per heavy atom. The molecule has 1 aliphatic heterocycles. The van der Waals surface area contributed by atoms with Gasteiger partial charge in [-0.15, -0.1) is 0 Å². The number of nitrogens with zero attached hydrogens (tertiary/aromatic N) is 3. The van der Waals surface area contributed by atoms with Crippen LogP contribution >= 0.6 is 11.3 Å². The van der Waals surface area contributed by atoms with Gasteiger partial charge < -0.3 is 9.64 Å². The lowest BCUT2D eigenvalue weighted by Crippen LogP contribution is -2.49. The van der Waals surface area contributed by atoms with Crippen molar-refractivity contribution >= 4 is 32.7 Å². The summed E-state index contributed by atoms with van der Waals surface area (Å²) in [5, 5.41) is 3.73. The maximum Gasteiger partial charge on any atom is 0.323 e. The van der Waals surface area contributed by atoms with Gasteiger partial charge in [-0.2, -0.15) is 0 Å². The van der Waals surface area contributed by atoms with Crippen molar-refractivity contribution in [3.8, 4) is 0 Å². The number of fused-ring (bicyclic) bond motifs is 1. The Morgan fingerprint density at radius 2 is 1.55 bits per heavy atom. The molecule has 38 heavy (non-hydrogen) atoms. The first-order valence-corrected chi connectivity index (χ1v) is 14.3. The zero-order valence-corrected chi connectivity index (χ0v) is 22.9. The third kappa shape index (κ3) is 6.78. The molecule has 0 saturated carbocycles. The van der Waals surface area contributed by atoms with Gasteiger partial charge in [0.1, 0.15) is 0 Å². The number of aromatic nitrogens is 1. The van der Waals surface area contributed by atoms with Crippen molar-refractivity contribution in [1.29, 1.82) is 0 Å². The van der Waals surface area contributed by atoms with Gasteiger partial charge in [0.25, 0.3) is 0 Å². The Morgan fingerprint density at radius 3 is 2.18 bits per heavy atom. The number of anilines is 1. The number of morpholine rings is 1. The van der Waals surface area contributed by atoms with Gasteiger partial charge in [0.15, 0.2) is 5.13 Å². The fraction of sp³-hybridized carbons (Fsp3) is 0.355. The average molecular weight is 529 g/mol. The molecule has 198 valence electrons. The van der Waals surface area contributed by atoms with Gasteiger partial charge in [-0.3, -0.25) is 10.2 Å². The van der Waals surface area contributed by atoms with E-state index in [1.54, 1.807) is 0 Å². The van der Waals surface area contributed by atoms with Crippen LogP contribution in [0.2, 0.25) is 0 Å². The van der Waals surface area contributed by atoms with E-state index in [2.05, 4.69) is 77.6 Å². The van der Waals surface area contributed by atoms with Crippen LogP contribution in [0.1, 0.15) is 37.3 Å². The highest BCUT2D eigenvalue weighted by Gasteiger charge is 2.25. The zero-order valence-electron chi connectivity index (χ0n) is 22.1. The summed E-state index contributed by atoms with van der Waals surface area (Å²) in [4.78, 5) is 22.6. The lowest BCUT2D eigenvalue weighted by Gasteiger charge is -2.36. The Bertz CT molecular complexity index is 1230. The molecule has 1 N–H and O–H groups in total. The second-order valence-electron chi connectivity index (χ2n) is 10.1. The van der Waals surface area contributed by atoms with E-state index in [-0.39, 0.29) is 24.2 Å². The van der Waals surface area contributed by atoms with Crippen LogP contribution in [0, 0.1) is 0 Å². The number of nitrogens with one attached hydrogen (secondary N) is 1. The molecule has 0 spiro atoms. The quantitative estimate of drug-likeness (QED) is 0.271. The van der Waals surface area contributed by atoms with E-state index in [9.17, 15) is 4.79 Å². The number of thiazole rings is 1. The number of rotatable bonds is 9. The van der Waals surface area contributed by atoms with Crippen LogP contribution < -0.4 is 5.32 Å². The van der Waals surface area contributed by atoms with E-state index in [4.69, 9.17) is 4.74 Å². The molecule has 4 aromatic rings. The maximum absolute atomic E-state index is 13.6. The highest BCUT2D eigenvalue weighted by Crippen LogP contribution is 2.29. The molecule has 2 heterocycles. The van der Waals surface area contributed by atoms with Crippen LogP contribution in [0.15, 0.2) is 84.9 Å². The topological polar surface area (TPSA) is 57.7 Å². The molecular weight excluding hydrogens is 492 g/mol. The number of urea groups is 1. The summed E-state index contributed by atoms with van der Waals surface area (Å²) >= 11 is 1.51. The number of para-hydroxylation sites is 1. The molecule has 2 atom stereocenters.